The van der Waals surface area contributed by atoms with Crippen molar-refractivity contribution >= 4 is 11.6 Å². The quantitative estimate of drug-likeness (QED) is 0.632. The minimum absolute atomic E-state index is 0.389. The van der Waals surface area contributed by atoms with E-state index in [1.54, 1.807) is 19.2 Å². The average molecular weight is 279 g/mol. The van der Waals surface area contributed by atoms with Gasteiger partial charge in [-0.05, 0) is 30.7 Å². The first-order valence-electron chi connectivity index (χ1n) is 7.03. The molecule has 20 heavy (non-hydrogen) atoms. The van der Waals surface area contributed by atoms with Crippen molar-refractivity contribution in [3.8, 4) is 0 Å². The second-order valence-corrected chi connectivity index (χ2v) is 4.64. The Bertz CT molecular complexity index is 393. The monoisotopic (exact) mass is 279 g/mol. The number of hydrogen-bond donors (Lipinski definition) is 2. The molecule has 0 unspecified atom stereocenters. The molecule has 0 atom stereocenters. The normalized spacial score (nSPS) is 10.5. The van der Waals surface area contributed by atoms with Gasteiger partial charge in [0.05, 0.1) is 6.61 Å². The van der Waals surface area contributed by atoms with Gasteiger partial charge in [0.15, 0.2) is 0 Å². The van der Waals surface area contributed by atoms with Crippen LogP contribution in [0.3, 0.4) is 0 Å². The highest BCUT2D eigenvalue weighted by Crippen LogP contribution is 2.15. The molecule has 1 amide bonds. The summed E-state index contributed by atoms with van der Waals surface area (Å²) in [5.41, 5.74) is 6.91. The van der Waals surface area contributed by atoms with Gasteiger partial charge in [-0.25, -0.2) is 0 Å². The predicted octanol–water partition coefficient (Wildman–Crippen LogP) is 1.24. The number of carbonyl (C=O) groups is 1. The zero-order chi connectivity index (χ0) is 14.8. The van der Waals surface area contributed by atoms with Crippen LogP contribution in [0.25, 0.3) is 0 Å². The van der Waals surface area contributed by atoms with Crippen LogP contribution in [0.2, 0.25) is 0 Å². The summed E-state index contributed by atoms with van der Waals surface area (Å²) in [6.07, 6.45) is 1.08. The molecule has 1 aromatic carbocycles. The number of anilines is 1. The fourth-order valence-electron chi connectivity index (χ4n) is 1.99. The molecule has 5 heteroatoms. The molecule has 1 aromatic rings. The third-order valence-corrected chi connectivity index (χ3v) is 3.05. The summed E-state index contributed by atoms with van der Waals surface area (Å²) < 4.78 is 5.00. The van der Waals surface area contributed by atoms with Gasteiger partial charge < -0.3 is 20.7 Å². The van der Waals surface area contributed by atoms with Crippen LogP contribution >= 0.6 is 0 Å². The van der Waals surface area contributed by atoms with E-state index in [2.05, 4.69) is 17.1 Å². The third kappa shape index (κ3) is 5.59. The van der Waals surface area contributed by atoms with E-state index in [0.29, 0.717) is 5.56 Å². The largest absolute Gasteiger partial charge is 0.383 e. The lowest BCUT2D eigenvalue weighted by atomic mass is 10.2. The molecule has 0 aliphatic heterocycles. The zero-order valence-corrected chi connectivity index (χ0v) is 12.4. The fourth-order valence-corrected chi connectivity index (χ4v) is 1.99. The Labute approximate surface area is 121 Å². The topological polar surface area (TPSA) is 67.6 Å². The maximum atomic E-state index is 11.1. The molecule has 1 rings (SSSR count). The van der Waals surface area contributed by atoms with Crippen molar-refractivity contribution in [2.45, 2.75) is 13.3 Å². The number of nitrogens with zero attached hydrogens (tertiary/aromatic N) is 1. The van der Waals surface area contributed by atoms with Crippen LogP contribution in [0.15, 0.2) is 24.3 Å². The van der Waals surface area contributed by atoms with E-state index in [4.69, 9.17) is 10.5 Å². The van der Waals surface area contributed by atoms with Gasteiger partial charge in [-0.3, -0.25) is 4.79 Å². The molecule has 0 spiro atoms. The number of benzene rings is 1. The summed E-state index contributed by atoms with van der Waals surface area (Å²) in [5, 5.41) is 3.33. The van der Waals surface area contributed by atoms with Gasteiger partial charge in [0.1, 0.15) is 0 Å². The first-order chi connectivity index (χ1) is 9.69. The molecule has 0 aliphatic rings. The van der Waals surface area contributed by atoms with E-state index in [9.17, 15) is 4.79 Å². The SMILES string of the molecule is CCCN(CCNCCOC)c1ccc(C(N)=O)cc1. The second-order valence-electron chi connectivity index (χ2n) is 4.64. The number of methoxy groups -OCH3 is 1. The average Bonchev–Trinajstić information content (AvgIpc) is 2.46. The Morgan fingerprint density at radius 2 is 1.95 bits per heavy atom. The van der Waals surface area contributed by atoms with Gasteiger partial charge in [-0.1, -0.05) is 6.92 Å². The van der Waals surface area contributed by atoms with Crippen molar-refractivity contribution in [2.75, 3.05) is 44.8 Å². The minimum Gasteiger partial charge on any atom is -0.383 e. The zero-order valence-electron chi connectivity index (χ0n) is 12.4. The van der Waals surface area contributed by atoms with Crippen LogP contribution < -0.4 is 16.0 Å². The summed E-state index contributed by atoms with van der Waals surface area (Å²) in [7, 11) is 1.70. The van der Waals surface area contributed by atoms with Gasteiger partial charge >= 0.3 is 0 Å². The Morgan fingerprint density at radius 1 is 1.25 bits per heavy atom. The molecular formula is C15H25N3O2. The van der Waals surface area contributed by atoms with Crippen molar-refractivity contribution in [1.29, 1.82) is 0 Å². The highest BCUT2D eigenvalue weighted by atomic mass is 16.5. The standard InChI is InChI=1S/C15H25N3O2/c1-3-10-18(11-8-17-9-12-20-2)14-6-4-13(5-7-14)15(16)19/h4-7,17H,3,8-12H2,1-2H3,(H2,16,19). The van der Waals surface area contributed by atoms with E-state index in [1.165, 1.54) is 0 Å². The summed E-state index contributed by atoms with van der Waals surface area (Å²) in [6, 6.07) is 7.45. The molecule has 3 N–H and O–H groups in total. The molecule has 0 aliphatic carbocycles. The number of rotatable bonds is 10. The summed E-state index contributed by atoms with van der Waals surface area (Å²) in [4.78, 5) is 13.4. The molecule has 0 heterocycles. The van der Waals surface area contributed by atoms with Crippen LogP contribution in [-0.4, -0.2) is 45.8 Å². The Hall–Kier alpha value is -1.59. The molecule has 5 nitrogen and oxygen atoms in total. The number of nitrogens with two attached hydrogens (primary N) is 1. The number of hydrogen-bond acceptors (Lipinski definition) is 4. The maximum Gasteiger partial charge on any atom is 0.248 e. The van der Waals surface area contributed by atoms with Crippen LogP contribution in [0, 0.1) is 0 Å². The maximum absolute atomic E-state index is 11.1. The van der Waals surface area contributed by atoms with E-state index in [-0.39, 0.29) is 5.91 Å². The molecule has 0 saturated heterocycles. The number of ether oxygens (including phenoxy) is 1. The lowest BCUT2D eigenvalue weighted by Gasteiger charge is -2.24. The lowest BCUT2D eigenvalue weighted by molar-refractivity contribution is 0.100. The van der Waals surface area contributed by atoms with Crippen LogP contribution in [-0.2, 0) is 4.74 Å². The molecule has 0 bridgehead atoms. The molecule has 112 valence electrons. The van der Waals surface area contributed by atoms with Crippen molar-refractivity contribution in [1.82, 2.24) is 5.32 Å². The molecule has 0 radical (unpaired) electrons. The highest BCUT2D eigenvalue weighted by Gasteiger charge is 2.06. The third-order valence-electron chi connectivity index (χ3n) is 3.05. The first-order valence-corrected chi connectivity index (χ1v) is 7.03. The minimum atomic E-state index is -0.389. The van der Waals surface area contributed by atoms with E-state index < -0.39 is 0 Å². The molecule has 0 saturated carbocycles. The highest BCUT2D eigenvalue weighted by molar-refractivity contribution is 5.93. The van der Waals surface area contributed by atoms with Gasteiger partial charge in [0.2, 0.25) is 5.91 Å². The molecule has 0 fully saturated rings. The fraction of sp³-hybridized carbons (Fsp3) is 0.533. The first kappa shape index (κ1) is 16.5. The summed E-state index contributed by atoms with van der Waals surface area (Å²) in [5.74, 6) is -0.389. The van der Waals surface area contributed by atoms with E-state index >= 15 is 0 Å². The van der Waals surface area contributed by atoms with Crippen LogP contribution in [0.4, 0.5) is 5.69 Å². The number of amides is 1. The summed E-state index contributed by atoms with van der Waals surface area (Å²) in [6.45, 7) is 6.55. The summed E-state index contributed by atoms with van der Waals surface area (Å²) >= 11 is 0. The van der Waals surface area contributed by atoms with Gasteiger partial charge in [-0.2, -0.15) is 0 Å². The second kappa shape index (κ2) is 9.34. The van der Waals surface area contributed by atoms with Gasteiger partial charge in [0.25, 0.3) is 0 Å². The van der Waals surface area contributed by atoms with Crippen LogP contribution in [0.5, 0.6) is 0 Å². The van der Waals surface area contributed by atoms with Crippen molar-refractivity contribution < 1.29 is 9.53 Å². The lowest BCUT2D eigenvalue weighted by Crippen LogP contribution is -2.34. The number of primary amides is 1. The van der Waals surface area contributed by atoms with Crippen molar-refractivity contribution in [3.05, 3.63) is 29.8 Å². The molecular weight excluding hydrogens is 254 g/mol. The van der Waals surface area contributed by atoms with E-state index in [0.717, 1.165) is 44.9 Å². The molecule has 0 aromatic heterocycles. The van der Waals surface area contributed by atoms with Gasteiger partial charge in [0, 0.05) is 44.5 Å². The van der Waals surface area contributed by atoms with Crippen molar-refractivity contribution in [3.63, 3.8) is 0 Å². The Morgan fingerprint density at radius 3 is 2.50 bits per heavy atom. The predicted molar refractivity (Wildman–Crippen MR) is 82.2 cm³/mol. The van der Waals surface area contributed by atoms with Crippen molar-refractivity contribution in [2.24, 2.45) is 5.73 Å². The number of nitrogens with one attached hydrogen (secondary N) is 1. The Balaban J connectivity index is 2.53. The van der Waals surface area contributed by atoms with Crippen LogP contribution in [0.1, 0.15) is 23.7 Å². The Kier molecular flexibility index (Phi) is 7.69. The van der Waals surface area contributed by atoms with Gasteiger partial charge in [-0.15, -0.1) is 0 Å². The smallest absolute Gasteiger partial charge is 0.248 e. The van der Waals surface area contributed by atoms with E-state index in [1.807, 2.05) is 12.1 Å². The number of carbonyl (C=O) groups excluding carboxylic acids is 1.